The molecule has 0 aliphatic carbocycles. The first-order chi connectivity index (χ1) is 9.68. The van der Waals surface area contributed by atoms with Crippen molar-refractivity contribution in [1.29, 1.82) is 0 Å². The molecule has 2 aromatic rings. The predicted octanol–water partition coefficient (Wildman–Crippen LogP) is 3.82. The maximum atomic E-state index is 12.7. The monoisotopic (exact) mass is 288 g/mol. The summed E-state index contributed by atoms with van der Waals surface area (Å²) in [6.45, 7) is 3.69. The van der Waals surface area contributed by atoms with Crippen LogP contribution in [-0.2, 0) is 0 Å². The minimum Gasteiger partial charge on any atom is -0.339 e. The molecule has 1 aromatic carbocycles. The van der Waals surface area contributed by atoms with Gasteiger partial charge in [-0.1, -0.05) is 29.8 Å². The van der Waals surface area contributed by atoms with Crippen LogP contribution >= 0.6 is 11.6 Å². The third-order valence-corrected chi connectivity index (χ3v) is 4.25. The van der Waals surface area contributed by atoms with Crippen LogP contribution in [0.3, 0.4) is 0 Å². The highest BCUT2D eigenvalue weighted by Gasteiger charge is 2.21. The fourth-order valence-electron chi connectivity index (χ4n) is 2.88. The minimum absolute atomic E-state index is 0.0770. The molecule has 2 heterocycles. The van der Waals surface area contributed by atoms with Gasteiger partial charge in [-0.3, -0.25) is 4.79 Å². The normalized spacial score (nSPS) is 15.6. The molecule has 0 unspecified atom stereocenters. The Morgan fingerprint density at radius 1 is 1.25 bits per heavy atom. The summed E-state index contributed by atoms with van der Waals surface area (Å²) in [5.74, 6) is 0.0770. The van der Waals surface area contributed by atoms with Gasteiger partial charge in [0.05, 0.1) is 5.56 Å². The number of likely N-dealkylation sites (tertiary alicyclic amines) is 1. The number of pyridine rings is 1. The van der Waals surface area contributed by atoms with E-state index < -0.39 is 0 Å². The Labute approximate surface area is 123 Å². The van der Waals surface area contributed by atoms with Crippen molar-refractivity contribution in [3.8, 4) is 0 Å². The molecule has 4 heteroatoms. The van der Waals surface area contributed by atoms with E-state index in [-0.39, 0.29) is 5.91 Å². The van der Waals surface area contributed by atoms with Crippen molar-refractivity contribution in [2.45, 2.75) is 26.2 Å². The highest BCUT2D eigenvalue weighted by atomic mass is 35.5. The van der Waals surface area contributed by atoms with Gasteiger partial charge in [-0.25, -0.2) is 4.98 Å². The number of aryl methyl sites for hydroxylation is 1. The van der Waals surface area contributed by atoms with E-state index in [1.165, 1.54) is 6.42 Å². The lowest BCUT2D eigenvalue weighted by Gasteiger charge is -2.27. The molecule has 0 spiro atoms. The number of amides is 1. The first-order valence-electron chi connectivity index (χ1n) is 7.01. The Morgan fingerprint density at radius 2 is 2.00 bits per heavy atom. The van der Waals surface area contributed by atoms with E-state index >= 15 is 0 Å². The lowest BCUT2D eigenvalue weighted by molar-refractivity contribution is 0.0726. The van der Waals surface area contributed by atoms with Crippen molar-refractivity contribution in [1.82, 2.24) is 9.88 Å². The van der Waals surface area contributed by atoms with Crippen molar-refractivity contribution in [3.63, 3.8) is 0 Å². The summed E-state index contributed by atoms with van der Waals surface area (Å²) < 4.78 is 0. The van der Waals surface area contributed by atoms with E-state index in [1.54, 1.807) is 6.20 Å². The zero-order chi connectivity index (χ0) is 14.1. The van der Waals surface area contributed by atoms with Crippen LogP contribution < -0.4 is 0 Å². The predicted molar refractivity (Wildman–Crippen MR) is 81.2 cm³/mol. The topological polar surface area (TPSA) is 33.2 Å². The van der Waals surface area contributed by atoms with E-state index in [1.807, 2.05) is 30.0 Å². The largest absolute Gasteiger partial charge is 0.339 e. The number of rotatable bonds is 1. The number of benzene rings is 1. The summed E-state index contributed by atoms with van der Waals surface area (Å²) in [5, 5.41) is 2.25. The van der Waals surface area contributed by atoms with E-state index in [4.69, 9.17) is 11.6 Å². The molecule has 0 bridgehead atoms. The smallest absolute Gasteiger partial charge is 0.256 e. The van der Waals surface area contributed by atoms with Gasteiger partial charge >= 0.3 is 0 Å². The fourth-order valence-corrected chi connectivity index (χ4v) is 3.09. The van der Waals surface area contributed by atoms with Crippen LogP contribution in [0.2, 0.25) is 5.15 Å². The molecule has 3 nitrogen and oxygen atoms in total. The molecule has 1 saturated heterocycles. The molecular formula is C16H17ClN2O. The second-order valence-corrected chi connectivity index (χ2v) is 5.67. The molecule has 3 rings (SSSR count). The zero-order valence-corrected chi connectivity index (χ0v) is 12.3. The molecule has 1 aliphatic heterocycles. The average molecular weight is 289 g/mol. The summed E-state index contributed by atoms with van der Waals surface area (Å²) in [4.78, 5) is 18.8. The molecule has 104 valence electrons. The number of piperidine rings is 1. The average Bonchev–Trinajstić information content (AvgIpc) is 2.49. The molecule has 0 N–H and O–H groups in total. The molecule has 0 atom stereocenters. The minimum atomic E-state index is 0.0770. The van der Waals surface area contributed by atoms with Crippen LogP contribution in [0.5, 0.6) is 0 Å². The SMILES string of the molecule is Cc1cccc2c(Cl)ncc(C(=O)N3CCCCC3)c12. The van der Waals surface area contributed by atoms with Crippen LogP contribution in [0, 0.1) is 6.92 Å². The molecule has 1 aliphatic rings. The van der Waals surface area contributed by atoms with Gasteiger partial charge in [0.2, 0.25) is 0 Å². The number of nitrogens with zero attached hydrogens (tertiary/aromatic N) is 2. The maximum absolute atomic E-state index is 12.7. The van der Waals surface area contributed by atoms with Crippen molar-refractivity contribution in [3.05, 3.63) is 40.7 Å². The summed E-state index contributed by atoms with van der Waals surface area (Å²) in [7, 11) is 0. The molecule has 1 amide bonds. The van der Waals surface area contributed by atoms with E-state index in [9.17, 15) is 4.79 Å². The van der Waals surface area contributed by atoms with Gasteiger partial charge in [-0.15, -0.1) is 0 Å². The van der Waals surface area contributed by atoms with Crippen LogP contribution in [-0.4, -0.2) is 28.9 Å². The fraction of sp³-hybridized carbons (Fsp3) is 0.375. The molecule has 20 heavy (non-hydrogen) atoms. The van der Waals surface area contributed by atoms with Gasteiger partial charge in [0.15, 0.2) is 0 Å². The summed E-state index contributed by atoms with van der Waals surface area (Å²) in [6.07, 6.45) is 5.00. The van der Waals surface area contributed by atoms with E-state index in [0.717, 1.165) is 42.3 Å². The first kappa shape index (κ1) is 13.4. The Morgan fingerprint density at radius 3 is 2.75 bits per heavy atom. The van der Waals surface area contributed by atoms with Crippen molar-refractivity contribution in [2.24, 2.45) is 0 Å². The van der Waals surface area contributed by atoms with E-state index in [0.29, 0.717) is 10.7 Å². The highest BCUT2D eigenvalue weighted by Crippen LogP contribution is 2.28. The van der Waals surface area contributed by atoms with Crippen LogP contribution in [0.1, 0.15) is 35.2 Å². The first-order valence-corrected chi connectivity index (χ1v) is 7.39. The third kappa shape index (κ3) is 2.27. The lowest BCUT2D eigenvalue weighted by atomic mass is 10.0. The summed E-state index contributed by atoms with van der Waals surface area (Å²) >= 11 is 6.16. The summed E-state index contributed by atoms with van der Waals surface area (Å²) in [5.41, 5.74) is 1.73. The number of hydrogen-bond acceptors (Lipinski definition) is 2. The van der Waals surface area contributed by atoms with Crippen molar-refractivity contribution >= 4 is 28.3 Å². The van der Waals surface area contributed by atoms with E-state index in [2.05, 4.69) is 4.98 Å². The second kappa shape index (κ2) is 5.41. The Bertz CT molecular complexity index is 663. The second-order valence-electron chi connectivity index (χ2n) is 5.31. The number of halogens is 1. The molecule has 0 saturated carbocycles. The zero-order valence-electron chi connectivity index (χ0n) is 11.5. The number of carbonyl (C=O) groups excluding carboxylic acids is 1. The van der Waals surface area contributed by atoms with Gasteiger partial charge in [0.1, 0.15) is 5.15 Å². The third-order valence-electron chi connectivity index (χ3n) is 3.95. The molecule has 1 fully saturated rings. The van der Waals surface area contributed by atoms with Crippen LogP contribution in [0.25, 0.3) is 10.8 Å². The summed E-state index contributed by atoms with van der Waals surface area (Å²) in [6, 6.07) is 5.87. The van der Waals surface area contributed by atoms with Crippen LogP contribution in [0.4, 0.5) is 0 Å². The van der Waals surface area contributed by atoms with Gasteiger partial charge < -0.3 is 4.90 Å². The number of hydrogen-bond donors (Lipinski definition) is 0. The van der Waals surface area contributed by atoms with Gasteiger partial charge in [-0.2, -0.15) is 0 Å². The molecular weight excluding hydrogens is 272 g/mol. The Kier molecular flexibility index (Phi) is 3.62. The van der Waals surface area contributed by atoms with Crippen molar-refractivity contribution in [2.75, 3.05) is 13.1 Å². The molecule has 0 radical (unpaired) electrons. The quantitative estimate of drug-likeness (QED) is 0.747. The van der Waals surface area contributed by atoms with Crippen LogP contribution in [0.15, 0.2) is 24.4 Å². The number of aromatic nitrogens is 1. The van der Waals surface area contributed by atoms with Gasteiger partial charge in [0, 0.05) is 30.1 Å². The van der Waals surface area contributed by atoms with Gasteiger partial charge in [-0.05, 0) is 31.7 Å². The standard InChI is InChI=1S/C16H17ClN2O/c1-11-6-5-7-12-14(11)13(10-18-15(12)17)16(20)19-8-3-2-4-9-19/h5-7,10H,2-4,8-9H2,1H3. The van der Waals surface area contributed by atoms with Gasteiger partial charge in [0.25, 0.3) is 5.91 Å². The molecule has 1 aromatic heterocycles. The number of fused-ring (bicyclic) bond motifs is 1. The Hall–Kier alpha value is -1.61. The Balaban J connectivity index is 2.11. The highest BCUT2D eigenvalue weighted by molar-refractivity contribution is 6.35. The number of carbonyl (C=O) groups is 1. The van der Waals surface area contributed by atoms with Crippen molar-refractivity contribution < 1.29 is 4.79 Å². The lowest BCUT2D eigenvalue weighted by Crippen LogP contribution is -2.35. The maximum Gasteiger partial charge on any atom is 0.256 e.